The molecular weight excluding hydrogens is 286 g/mol. The van der Waals surface area contributed by atoms with E-state index in [-0.39, 0.29) is 18.4 Å². The van der Waals surface area contributed by atoms with Crippen molar-refractivity contribution in [2.45, 2.75) is 20.8 Å². The largest absolute Gasteiger partial charge is 0.301 e. The lowest BCUT2D eigenvalue weighted by molar-refractivity contribution is -0.116. The van der Waals surface area contributed by atoms with Gasteiger partial charge in [0.2, 0.25) is 15.9 Å². The Labute approximate surface area is 117 Å². The predicted octanol–water partition coefficient (Wildman–Crippen LogP) is 1.31. The van der Waals surface area contributed by atoms with E-state index in [1.807, 2.05) is 20.8 Å². The minimum absolute atomic E-state index is 0.157. The molecule has 8 heteroatoms. The maximum atomic E-state index is 11.8. The monoisotopic (exact) mass is 305 g/mol. The Balaban J connectivity index is 2.66. The minimum atomic E-state index is -3.39. The molecule has 0 unspecified atom stereocenters. The molecule has 0 aliphatic carbocycles. The van der Waals surface area contributed by atoms with Gasteiger partial charge in [-0.05, 0) is 12.8 Å². The fraction of sp³-hybridized carbons (Fsp3) is 0.636. The summed E-state index contributed by atoms with van der Waals surface area (Å²) in [6, 6.07) is 0. The number of aryl methyl sites for hydroxylation is 1. The molecule has 108 valence electrons. The number of aromatic nitrogens is 1. The molecule has 0 spiro atoms. The van der Waals surface area contributed by atoms with E-state index in [9.17, 15) is 13.2 Å². The van der Waals surface area contributed by atoms with E-state index in [2.05, 4.69) is 10.3 Å². The SMILES string of the molecule is Cc1cnc(NC(=O)CN(CC(C)C)S(C)(=O)=O)s1. The number of sulfonamides is 1. The van der Waals surface area contributed by atoms with E-state index in [0.717, 1.165) is 11.1 Å². The highest BCUT2D eigenvalue weighted by atomic mass is 32.2. The van der Waals surface area contributed by atoms with Crippen LogP contribution in [0.2, 0.25) is 0 Å². The van der Waals surface area contributed by atoms with E-state index >= 15 is 0 Å². The Morgan fingerprint density at radius 2 is 2.16 bits per heavy atom. The lowest BCUT2D eigenvalue weighted by Gasteiger charge is -2.20. The van der Waals surface area contributed by atoms with Crippen molar-refractivity contribution in [3.05, 3.63) is 11.1 Å². The zero-order chi connectivity index (χ0) is 14.6. The third-order valence-electron chi connectivity index (χ3n) is 2.23. The molecule has 0 aromatic carbocycles. The first-order valence-corrected chi connectivity index (χ1v) is 8.52. The van der Waals surface area contributed by atoms with Crippen LogP contribution < -0.4 is 5.32 Å². The van der Waals surface area contributed by atoms with Crippen molar-refractivity contribution in [2.24, 2.45) is 5.92 Å². The molecule has 1 heterocycles. The summed E-state index contributed by atoms with van der Waals surface area (Å²) < 4.78 is 24.4. The van der Waals surface area contributed by atoms with Crippen LogP contribution in [0.3, 0.4) is 0 Å². The molecule has 0 aliphatic heterocycles. The van der Waals surface area contributed by atoms with Crippen molar-refractivity contribution in [3.63, 3.8) is 0 Å². The van der Waals surface area contributed by atoms with E-state index in [4.69, 9.17) is 0 Å². The third-order valence-corrected chi connectivity index (χ3v) is 4.27. The summed E-state index contributed by atoms with van der Waals surface area (Å²) in [5.74, 6) is -0.218. The zero-order valence-electron chi connectivity index (χ0n) is 11.5. The third kappa shape index (κ3) is 5.66. The fourth-order valence-corrected chi connectivity index (χ4v) is 3.06. The number of hydrogen-bond acceptors (Lipinski definition) is 5. The number of amides is 1. The smallest absolute Gasteiger partial charge is 0.241 e. The minimum Gasteiger partial charge on any atom is -0.301 e. The van der Waals surface area contributed by atoms with Gasteiger partial charge in [-0.15, -0.1) is 11.3 Å². The molecule has 0 aliphatic rings. The van der Waals surface area contributed by atoms with Crippen LogP contribution in [0.1, 0.15) is 18.7 Å². The molecule has 0 radical (unpaired) electrons. The molecule has 1 N–H and O–H groups in total. The van der Waals surface area contributed by atoms with Crippen molar-refractivity contribution in [3.8, 4) is 0 Å². The molecule has 1 amide bonds. The van der Waals surface area contributed by atoms with E-state index in [0.29, 0.717) is 11.7 Å². The summed E-state index contributed by atoms with van der Waals surface area (Å²) in [4.78, 5) is 16.8. The van der Waals surface area contributed by atoms with Crippen molar-refractivity contribution < 1.29 is 13.2 Å². The average Bonchev–Trinajstić information content (AvgIpc) is 2.60. The first-order valence-electron chi connectivity index (χ1n) is 5.86. The zero-order valence-corrected chi connectivity index (χ0v) is 13.1. The van der Waals surface area contributed by atoms with Crippen LogP contribution in [0.4, 0.5) is 5.13 Å². The van der Waals surface area contributed by atoms with Gasteiger partial charge in [-0.25, -0.2) is 13.4 Å². The Hall–Kier alpha value is -0.990. The normalized spacial score (nSPS) is 12.1. The van der Waals surface area contributed by atoms with E-state index < -0.39 is 10.0 Å². The molecule has 0 atom stereocenters. The van der Waals surface area contributed by atoms with Gasteiger partial charge in [-0.3, -0.25) is 4.79 Å². The number of nitrogens with one attached hydrogen (secondary N) is 1. The molecule has 0 bridgehead atoms. The summed E-state index contributed by atoms with van der Waals surface area (Å²) in [6.07, 6.45) is 2.76. The van der Waals surface area contributed by atoms with Crippen LogP contribution in [-0.4, -0.2) is 43.0 Å². The van der Waals surface area contributed by atoms with E-state index in [1.54, 1.807) is 6.20 Å². The predicted molar refractivity (Wildman–Crippen MR) is 76.7 cm³/mol. The summed E-state index contributed by atoms with van der Waals surface area (Å²) in [5.41, 5.74) is 0. The summed E-state index contributed by atoms with van der Waals surface area (Å²) in [5, 5.41) is 3.09. The van der Waals surface area contributed by atoms with Gasteiger partial charge in [0.05, 0.1) is 12.8 Å². The Morgan fingerprint density at radius 1 is 1.53 bits per heavy atom. The number of carbonyl (C=O) groups excluding carboxylic acids is 1. The van der Waals surface area contributed by atoms with Gasteiger partial charge in [0, 0.05) is 17.6 Å². The van der Waals surface area contributed by atoms with Crippen molar-refractivity contribution in [1.29, 1.82) is 0 Å². The number of thiazole rings is 1. The number of carbonyl (C=O) groups is 1. The standard InChI is InChI=1S/C11H19N3O3S2/c1-8(2)6-14(19(4,16)17)7-10(15)13-11-12-5-9(3)18-11/h5,8H,6-7H2,1-4H3,(H,12,13,15). The molecule has 0 saturated carbocycles. The molecule has 1 rings (SSSR count). The van der Waals surface area contributed by atoms with Gasteiger partial charge in [-0.1, -0.05) is 13.8 Å². The van der Waals surface area contributed by atoms with Gasteiger partial charge in [0.15, 0.2) is 5.13 Å². The van der Waals surface area contributed by atoms with Crippen LogP contribution in [0.15, 0.2) is 6.20 Å². The Kier molecular flexibility index (Phi) is 5.45. The van der Waals surface area contributed by atoms with Gasteiger partial charge >= 0.3 is 0 Å². The summed E-state index contributed by atoms with van der Waals surface area (Å²) in [7, 11) is -3.39. The quantitative estimate of drug-likeness (QED) is 0.859. The summed E-state index contributed by atoms with van der Waals surface area (Å²) in [6.45, 7) is 5.83. The molecule has 19 heavy (non-hydrogen) atoms. The van der Waals surface area contributed by atoms with Crippen LogP contribution in [0, 0.1) is 12.8 Å². The molecule has 6 nitrogen and oxygen atoms in total. The lowest BCUT2D eigenvalue weighted by Crippen LogP contribution is -2.39. The Morgan fingerprint density at radius 3 is 2.58 bits per heavy atom. The maximum absolute atomic E-state index is 11.8. The van der Waals surface area contributed by atoms with Crippen LogP contribution in [-0.2, 0) is 14.8 Å². The second-order valence-corrected chi connectivity index (χ2v) is 7.99. The van der Waals surface area contributed by atoms with Gasteiger partial charge in [0.25, 0.3) is 0 Å². The molecule has 0 saturated heterocycles. The second kappa shape index (κ2) is 6.44. The van der Waals surface area contributed by atoms with Gasteiger partial charge < -0.3 is 5.32 Å². The van der Waals surface area contributed by atoms with Gasteiger partial charge in [-0.2, -0.15) is 4.31 Å². The number of anilines is 1. The highest BCUT2D eigenvalue weighted by Gasteiger charge is 2.21. The van der Waals surface area contributed by atoms with Crippen molar-refractivity contribution in [2.75, 3.05) is 24.7 Å². The maximum Gasteiger partial charge on any atom is 0.241 e. The highest BCUT2D eigenvalue weighted by molar-refractivity contribution is 7.88. The number of rotatable bonds is 6. The lowest BCUT2D eigenvalue weighted by atomic mass is 10.2. The molecule has 1 aromatic heterocycles. The number of nitrogens with zero attached hydrogens (tertiary/aromatic N) is 2. The van der Waals surface area contributed by atoms with Crippen molar-refractivity contribution >= 4 is 32.4 Å². The molecule has 0 fully saturated rings. The first-order chi connectivity index (χ1) is 8.68. The second-order valence-electron chi connectivity index (χ2n) is 4.77. The Bertz CT molecular complexity index is 537. The molecular formula is C11H19N3O3S2. The van der Waals surface area contributed by atoms with Crippen LogP contribution in [0.25, 0.3) is 0 Å². The average molecular weight is 305 g/mol. The van der Waals surface area contributed by atoms with Crippen LogP contribution >= 0.6 is 11.3 Å². The molecule has 1 aromatic rings. The number of hydrogen-bond donors (Lipinski definition) is 1. The highest BCUT2D eigenvalue weighted by Crippen LogP contribution is 2.16. The fourth-order valence-electron chi connectivity index (χ4n) is 1.46. The topological polar surface area (TPSA) is 79.4 Å². The first kappa shape index (κ1) is 16.1. The van der Waals surface area contributed by atoms with Crippen molar-refractivity contribution in [1.82, 2.24) is 9.29 Å². The summed E-state index contributed by atoms with van der Waals surface area (Å²) >= 11 is 1.35. The van der Waals surface area contributed by atoms with Gasteiger partial charge in [0.1, 0.15) is 0 Å². The van der Waals surface area contributed by atoms with Crippen LogP contribution in [0.5, 0.6) is 0 Å². The van der Waals surface area contributed by atoms with E-state index in [1.165, 1.54) is 15.6 Å².